The Morgan fingerprint density at radius 3 is 2.68 bits per heavy atom. The van der Waals surface area contributed by atoms with E-state index in [4.69, 9.17) is 0 Å². The van der Waals surface area contributed by atoms with Crippen LogP contribution in [0.3, 0.4) is 0 Å². The van der Waals surface area contributed by atoms with E-state index in [9.17, 15) is 5.11 Å². The molecule has 3 aromatic rings. The highest BCUT2D eigenvalue weighted by Gasteiger charge is 2.26. The Labute approximate surface area is 224 Å². The Morgan fingerprint density at radius 2 is 1.92 bits per heavy atom. The lowest BCUT2D eigenvalue weighted by Crippen LogP contribution is -2.33. The van der Waals surface area contributed by atoms with E-state index in [0.29, 0.717) is 11.8 Å². The van der Waals surface area contributed by atoms with Crippen molar-refractivity contribution in [2.24, 2.45) is 9.98 Å². The zero-order valence-electron chi connectivity index (χ0n) is 22.3. The lowest BCUT2D eigenvalue weighted by atomic mass is 9.87. The van der Waals surface area contributed by atoms with Crippen molar-refractivity contribution in [2.75, 3.05) is 19.7 Å². The zero-order valence-corrected chi connectivity index (χ0v) is 22.3. The first kappa shape index (κ1) is 24.9. The van der Waals surface area contributed by atoms with Crippen molar-refractivity contribution in [2.45, 2.75) is 64.0 Å². The summed E-state index contributed by atoms with van der Waals surface area (Å²) in [5, 5.41) is 11.5. The van der Waals surface area contributed by atoms with Crippen LogP contribution >= 0.6 is 0 Å². The molecule has 6 rings (SSSR count). The minimum absolute atomic E-state index is 0.0352. The molecule has 2 aromatic heterocycles. The zero-order chi connectivity index (χ0) is 26.1. The molecule has 7 nitrogen and oxygen atoms in total. The first-order valence-electron chi connectivity index (χ1n) is 13.9. The monoisotopic (exact) mass is 508 g/mol. The molecule has 3 aliphatic rings. The molecule has 2 aliphatic heterocycles. The Kier molecular flexibility index (Phi) is 7.04. The number of piperidine rings is 1. The molecule has 1 fully saturated rings. The molecular weight excluding hydrogens is 472 g/mol. The Bertz CT molecular complexity index is 1420. The fourth-order valence-electron chi connectivity index (χ4n) is 6.21. The highest BCUT2D eigenvalue weighted by Crippen LogP contribution is 2.38. The number of hydrogen-bond donors (Lipinski definition) is 2. The lowest BCUT2D eigenvalue weighted by Gasteiger charge is -2.31. The quantitative estimate of drug-likeness (QED) is 0.466. The minimum atomic E-state index is -0.0352. The van der Waals surface area contributed by atoms with Gasteiger partial charge in [0.2, 0.25) is 0 Å². The summed E-state index contributed by atoms with van der Waals surface area (Å²) in [6.07, 6.45) is 13.8. The van der Waals surface area contributed by atoms with E-state index in [-0.39, 0.29) is 12.6 Å². The number of aliphatic hydroxyl groups is 1. The number of rotatable bonds is 6. The summed E-state index contributed by atoms with van der Waals surface area (Å²) in [4.78, 5) is 24.0. The second-order valence-corrected chi connectivity index (χ2v) is 10.9. The van der Waals surface area contributed by atoms with Gasteiger partial charge in [-0.05, 0) is 91.6 Å². The number of hydrogen-bond acceptors (Lipinski definition) is 6. The van der Waals surface area contributed by atoms with Crippen molar-refractivity contribution in [3.63, 3.8) is 0 Å². The molecule has 0 bridgehead atoms. The summed E-state index contributed by atoms with van der Waals surface area (Å²) in [7, 11) is 0. The molecule has 1 aromatic carbocycles. The van der Waals surface area contributed by atoms with Crippen LogP contribution in [0.1, 0.15) is 74.0 Å². The number of allylic oxidation sites excluding steroid dienone is 3. The number of aliphatic hydroxyl groups excluding tert-OH is 1. The first-order valence-corrected chi connectivity index (χ1v) is 13.9. The van der Waals surface area contributed by atoms with Crippen LogP contribution in [0, 0.1) is 0 Å². The van der Waals surface area contributed by atoms with Crippen molar-refractivity contribution < 1.29 is 5.11 Å². The van der Waals surface area contributed by atoms with Crippen molar-refractivity contribution >= 4 is 28.5 Å². The molecule has 0 saturated carbocycles. The number of H-pyrrole nitrogens is 1. The maximum atomic E-state index is 10.2. The number of aromatic nitrogens is 3. The Balaban J connectivity index is 1.27. The van der Waals surface area contributed by atoms with Crippen molar-refractivity contribution in [1.82, 2.24) is 19.9 Å². The topological polar surface area (TPSA) is 89.8 Å². The largest absolute Gasteiger partial charge is 0.392 e. The molecular formula is C31H36N6O. The molecule has 0 radical (unpaired) electrons. The van der Waals surface area contributed by atoms with E-state index in [1.54, 1.807) is 6.34 Å². The van der Waals surface area contributed by atoms with Gasteiger partial charge in [0, 0.05) is 34.6 Å². The molecule has 1 aliphatic carbocycles. The second-order valence-electron chi connectivity index (χ2n) is 10.9. The van der Waals surface area contributed by atoms with Gasteiger partial charge < -0.3 is 10.1 Å². The van der Waals surface area contributed by atoms with Crippen molar-refractivity contribution in [3.8, 4) is 0 Å². The number of benzene rings is 1. The summed E-state index contributed by atoms with van der Waals surface area (Å²) in [5.74, 6) is 1.82. The molecule has 4 heterocycles. The van der Waals surface area contributed by atoms with Crippen LogP contribution < -0.4 is 0 Å². The van der Waals surface area contributed by atoms with Gasteiger partial charge in [0.25, 0.3) is 0 Å². The van der Waals surface area contributed by atoms with Crippen LogP contribution in [0.2, 0.25) is 0 Å². The third-order valence-corrected chi connectivity index (χ3v) is 8.16. The van der Waals surface area contributed by atoms with Crippen LogP contribution in [-0.2, 0) is 6.54 Å². The maximum Gasteiger partial charge on any atom is 0.142 e. The summed E-state index contributed by atoms with van der Waals surface area (Å²) < 4.78 is 0. The number of aliphatic imine (C=N–C) groups is 2. The van der Waals surface area contributed by atoms with Gasteiger partial charge in [0.15, 0.2) is 0 Å². The van der Waals surface area contributed by atoms with Gasteiger partial charge in [-0.25, -0.2) is 15.0 Å². The van der Waals surface area contributed by atoms with Crippen molar-refractivity contribution in [1.29, 1.82) is 0 Å². The fourth-order valence-corrected chi connectivity index (χ4v) is 6.21. The van der Waals surface area contributed by atoms with Gasteiger partial charge in [-0.3, -0.25) is 9.89 Å². The number of nitrogens with zero attached hydrogens (tertiary/aromatic N) is 5. The van der Waals surface area contributed by atoms with Gasteiger partial charge in [-0.2, -0.15) is 0 Å². The summed E-state index contributed by atoms with van der Waals surface area (Å²) in [6, 6.07) is 8.93. The fraction of sp³-hybridized carbons (Fsp3) is 0.419. The van der Waals surface area contributed by atoms with Gasteiger partial charge >= 0.3 is 0 Å². The second kappa shape index (κ2) is 10.8. The van der Waals surface area contributed by atoms with E-state index in [1.807, 2.05) is 18.5 Å². The van der Waals surface area contributed by atoms with Gasteiger partial charge in [-0.15, -0.1) is 0 Å². The standard InChI is InChI=1S/C31H36N6O/c1-20(2)29-25-16-22(21-9-13-37(14-10-21)17-28-32-11-4-12-33-28)7-8-26(25)36-31(29)23-5-3-6-27-30(35-19-34-27)24(15-23)18-38/h4-5,7-8,11-12,15-16,19-21,27,36,38H,3,6,9-10,13-14,17-18H2,1-2H3/b23-5+,24-15-. The first-order chi connectivity index (χ1) is 18.6. The average molecular weight is 509 g/mol. The van der Waals surface area contributed by atoms with Crippen LogP contribution in [-0.4, -0.2) is 62.7 Å². The van der Waals surface area contributed by atoms with E-state index < -0.39 is 0 Å². The average Bonchev–Trinajstić information content (AvgIpc) is 3.54. The molecule has 2 N–H and O–H groups in total. The predicted molar refractivity (Wildman–Crippen MR) is 154 cm³/mol. The van der Waals surface area contributed by atoms with E-state index in [0.717, 1.165) is 73.7 Å². The molecule has 1 atom stereocenters. The van der Waals surface area contributed by atoms with Gasteiger partial charge in [-0.1, -0.05) is 26.0 Å². The number of fused-ring (bicyclic) bond motifs is 2. The number of nitrogens with one attached hydrogen (secondary N) is 1. The van der Waals surface area contributed by atoms with E-state index in [1.165, 1.54) is 22.0 Å². The molecule has 0 amide bonds. The molecule has 0 spiro atoms. The highest BCUT2D eigenvalue weighted by atomic mass is 16.3. The normalized spacial score (nSPS) is 23.5. The summed E-state index contributed by atoms with van der Waals surface area (Å²) in [6.45, 7) is 7.46. The highest BCUT2D eigenvalue weighted by molar-refractivity contribution is 6.12. The van der Waals surface area contributed by atoms with E-state index in [2.05, 4.69) is 74.0 Å². The lowest BCUT2D eigenvalue weighted by molar-refractivity contribution is 0.200. The summed E-state index contributed by atoms with van der Waals surface area (Å²) in [5.41, 5.74) is 8.02. The van der Waals surface area contributed by atoms with Crippen LogP contribution in [0.15, 0.2) is 64.4 Å². The maximum absolute atomic E-state index is 10.2. The molecule has 196 valence electrons. The third-order valence-electron chi connectivity index (χ3n) is 8.16. The smallest absolute Gasteiger partial charge is 0.142 e. The molecule has 1 saturated heterocycles. The summed E-state index contributed by atoms with van der Waals surface area (Å²) >= 11 is 0. The van der Waals surface area contributed by atoms with Gasteiger partial charge in [0.1, 0.15) is 12.2 Å². The molecule has 38 heavy (non-hydrogen) atoms. The SMILES string of the molecule is CC(C)c1c(C2=C/CCC3N=CN=C3/C(CO)=C\2)[nH]c2ccc(C3CCN(Cc4ncccn4)CC3)cc12. The Morgan fingerprint density at radius 1 is 1.11 bits per heavy atom. The van der Waals surface area contributed by atoms with Crippen LogP contribution in [0.25, 0.3) is 16.5 Å². The molecule has 7 heteroatoms. The van der Waals surface area contributed by atoms with E-state index >= 15 is 0 Å². The predicted octanol–water partition coefficient (Wildman–Crippen LogP) is 5.41. The van der Waals surface area contributed by atoms with Crippen LogP contribution in [0.4, 0.5) is 0 Å². The number of aromatic amines is 1. The minimum Gasteiger partial charge on any atom is -0.392 e. The number of likely N-dealkylation sites (tertiary alicyclic amines) is 1. The molecule has 1 unspecified atom stereocenters. The van der Waals surface area contributed by atoms with Gasteiger partial charge in [0.05, 0.1) is 24.9 Å². The third kappa shape index (κ3) is 4.88. The van der Waals surface area contributed by atoms with Crippen LogP contribution in [0.5, 0.6) is 0 Å². The van der Waals surface area contributed by atoms with Crippen molar-refractivity contribution in [3.05, 3.63) is 77.0 Å². The Hall–Kier alpha value is -3.42.